The molecule has 0 saturated carbocycles. The van der Waals surface area contributed by atoms with E-state index in [4.69, 9.17) is 5.73 Å². The fourth-order valence-electron chi connectivity index (χ4n) is 2.93. The standard InChI is InChI=1S/C21H27NO2/c1-14(2)11-18-12-17(9-10-19(18)20(23)24)16-7-5-15(6-8-16)13-21(3,4)22/h5-10,12,14H,11,13,22H2,1-4H3,(H,23,24). The van der Waals surface area contributed by atoms with Gasteiger partial charge in [-0.05, 0) is 60.9 Å². The lowest BCUT2D eigenvalue weighted by Gasteiger charge is -2.18. The van der Waals surface area contributed by atoms with Crippen molar-refractivity contribution >= 4 is 5.97 Å². The number of carbonyl (C=O) groups is 1. The van der Waals surface area contributed by atoms with Crippen LogP contribution >= 0.6 is 0 Å². The Morgan fingerprint density at radius 2 is 1.67 bits per heavy atom. The normalized spacial score (nSPS) is 11.8. The SMILES string of the molecule is CC(C)Cc1cc(-c2ccc(CC(C)(C)N)cc2)ccc1C(=O)O. The average Bonchev–Trinajstić information content (AvgIpc) is 2.45. The molecule has 3 nitrogen and oxygen atoms in total. The van der Waals surface area contributed by atoms with Gasteiger partial charge in [-0.2, -0.15) is 0 Å². The maximum atomic E-state index is 11.4. The third-order valence-electron chi connectivity index (χ3n) is 3.91. The molecule has 2 aromatic carbocycles. The number of aromatic carboxylic acids is 1. The summed E-state index contributed by atoms with van der Waals surface area (Å²) >= 11 is 0. The van der Waals surface area contributed by atoms with E-state index in [0.29, 0.717) is 11.5 Å². The van der Waals surface area contributed by atoms with Gasteiger partial charge in [0, 0.05) is 5.54 Å². The minimum atomic E-state index is -0.863. The highest BCUT2D eigenvalue weighted by Gasteiger charge is 2.14. The molecule has 3 N–H and O–H groups in total. The Bertz CT molecular complexity index is 710. The van der Waals surface area contributed by atoms with Crippen LogP contribution in [0.2, 0.25) is 0 Å². The molecule has 0 spiro atoms. The second-order valence-electron chi connectivity index (χ2n) is 7.64. The van der Waals surface area contributed by atoms with Crippen molar-refractivity contribution in [1.29, 1.82) is 0 Å². The quantitative estimate of drug-likeness (QED) is 0.820. The van der Waals surface area contributed by atoms with E-state index in [2.05, 4.69) is 38.1 Å². The van der Waals surface area contributed by atoms with Gasteiger partial charge in [-0.25, -0.2) is 4.79 Å². The van der Waals surface area contributed by atoms with Gasteiger partial charge in [0.05, 0.1) is 5.56 Å². The van der Waals surface area contributed by atoms with Crippen LogP contribution in [-0.4, -0.2) is 16.6 Å². The monoisotopic (exact) mass is 325 g/mol. The van der Waals surface area contributed by atoms with Gasteiger partial charge < -0.3 is 10.8 Å². The number of carboxylic acid groups (broad SMARTS) is 1. The smallest absolute Gasteiger partial charge is 0.335 e. The van der Waals surface area contributed by atoms with Gasteiger partial charge in [-0.3, -0.25) is 0 Å². The molecule has 128 valence electrons. The van der Waals surface area contributed by atoms with Crippen LogP contribution < -0.4 is 5.73 Å². The number of hydrogen-bond acceptors (Lipinski definition) is 2. The highest BCUT2D eigenvalue weighted by atomic mass is 16.4. The Labute approximate surface area is 144 Å². The molecule has 0 atom stereocenters. The summed E-state index contributed by atoms with van der Waals surface area (Å²) in [6.07, 6.45) is 1.58. The molecule has 0 unspecified atom stereocenters. The first-order valence-electron chi connectivity index (χ1n) is 8.40. The first kappa shape index (κ1) is 18.2. The second kappa shape index (κ2) is 7.18. The molecule has 0 amide bonds. The molecule has 0 saturated heterocycles. The van der Waals surface area contributed by atoms with Gasteiger partial charge in [-0.1, -0.05) is 50.2 Å². The maximum Gasteiger partial charge on any atom is 0.335 e. The Morgan fingerprint density at radius 3 is 2.17 bits per heavy atom. The Kier molecular flexibility index (Phi) is 5.45. The summed E-state index contributed by atoms with van der Waals surface area (Å²) in [6.45, 7) is 8.23. The lowest BCUT2D eigenvalue weighted by Crippen LogP contribution is -2.34. The molecule has 0 aliphatic carbocycles. The van der Waals surface area contributed by atoms with E-state index in [0.717, 1.165) is 29.5 Å². The maximum absolute atomic E-state index is 11.4. The van der Waals surface area contributed by atoms with Crippen molar-refractivity contribution in [1.82, 2.24) is 0 Å². The summed E-state index contributed by atoms with van der Waals surface area (Å²) in [6, 6.07) is 14.0. The molecule has 0 bridgehead atoms. The number of rotatable bonds is 6. The second-order valence-corrected chi connectivity index (χ2v) is 7.64. The van der Waals surface area contributed by atoms with E-state index < -0.39 is 5.97 Å². The summed E-state index contributed by atoms with van der Waals surface area (Å²) in [7, 11) is 0. The first-order chi connectivity index (χ1) is 11.2. The van der Waals surface area contributed by atoms with Gasteiger partial charge in [0.25, 0.3) is 0 Å². The molecule has 24 heavy (non-hydrogen) atoms. The third-order valence-corrected chi connectivity index (χ3v) is 3.91. The zero-order valence-electron chi connectivity index (χ0n) is 15.0. The minimum Gasteiger partial charge on any atom is -0.478 e. The molecule has 0 heterocycles. The van der Waals surface area contributed by atoms with Crippen LogP contribution in [0.4, 0.5) is 0 Å². The van der Waals surface area contributed by atoms with Gasteiger partial charge in [0.1, 0.15) is 0 Å². The van der Waals surface area contributed by atoms with Crippen LogP contribution in [0.3, 0.4) is 0 Å². The summed E-state index contributed by atoms with van der Waals surface area (Å²) in [4.78, 5) is 11.4. The zero-order chi connectivity index (χ0) is 17.9. The summed E-state index contributed by atoms with van der Waals surface area (Å²) in [5, 5.41) is 9.37. The minimum absolute atomic E-state index is 0.227. The molecule has 3 heteroatoms. The summed E-state index contributed by atoms with van der Waals surface area (Å²) in [5.41, 5.74) is 10.5. The van der Waals surface area contributed by atoms with Crippen LogP contribution in [0.5, 0.6) is 0 Å². The number of nitrogens with two attached hydrogens (primary N) is 1. The molecular formula is C21H27NO2. The number of benzene rings is 2. The molecule has 0 radical (unpaired) electrons. The van der Waals surface area contributed by atoms with Crippen molar-refractivity contribution in [3.8, 4) is 11.1 Å². The van der Waals surface area contributed by atoms with Crippen LogP contribution in [-0.2, 0) is 12.8 Å². The van der Waals surface area contributed by atoms with Gasteiger partial charge in [-0.15, -0.1) is 0 Å². The van der Waals surface area contributed by atoms with Crippen molar-refractivity contribution < 1.29 is 9.90 Å². The molecule has 2 aromatic rings. The fourth-order valence-corrected chi connectivity index (χ4v) is 2.93. The third kappa shape index (κ3) is 4.93. The lowest BCUT2D eigenvalue weighted by atomic mass is 9.92. The predicted octanol–water partition coefficient (Wildman–Crippen LogP) is 4.53. The summed E-state index contributed by atoms with van der Waals surface area (Å²) in [5.74, 6) is -0.453. The average molecular weight is 325 g/mol. The molecule has 0 fully saturated rings. The highest BCUT2D eigenvalue weighted by Crippen LogP contribution is 2.25. The van der Waals surface area contributed by atoms with Crippen molar-refractivity contribution in [2.75, 3.05) is 0 Å². The Hall–Kier alpha value is -2.13. The molecular weight excluding hydrogens is 298 g/mol. The number of carboxylic acids is 1. The van der Waals surface area contributed by atoms with E-state index in [1.807, 2.05) is 26.0 Å². The van der Waals surface area contributed by atoms with Crippen molar-refractivity contribution in [3.63, 3.8) is 0 Å². The zero-order valence-corrected chi connectivity index (χ0v) is 15.0. The van der Waals surface area contributed by atoms with Crippen LogP contribution in [0.15, 0.2) is 42.5 Å². The van der Waals surface area contributed by atoms with Crippen LogP contribution in [0, 0.1) is 5.92 Å². The lowest BCUT2D eigenvalue weighted by molar-refractivity contribution is 0.0695. The van der Waals surface area contributed by atoms with Crippen LogP contribution in [0.1, 0.15) is 49.2 Å². The van der Waals surface area contributed by atoms with E-state index in [1.54, 1.807) is 6.07 Å². The fraction of sp³-hybridized carbons (Fsp3) is 0.381. The van der Waals surface area contributed by atoms with Crippen molar-refractivity contribution in [2.45, 2.75) is 46.1 Å². The van der Waals surface area contributed by atoms with Crippen LogP contribution in [0.25, 0.3) is 11.1 Å². The predicted molar refractivity (Wildman–Crippen MR) is 99.3 cm³/mol. The number of hydrogen-bond donors (Lipinski definition) is 2. The van der Waals surface area contributed by atoms with E-state index >= 15 is 0 Å². The van der Waals surface area contributed by atoms with E-state index in [9.17, 15) is 9.90 Å². The van der Waals surface area contributed by atoms with Crippen molar-refractivity contribution in [3.05, 3.63) is 59.2 Å². The molecule has 0 aliphatic heterocycles. The van der Waals surface area contributed by atoms with E-state index in [1.165, 1.54) is 5.56 Å². The first-order valence-corrected chi connectivity index (χ1v) is 8.40. The Morgan fingerprint density at radius 1 is 1.08 bits per heavy atom. The van der Waals surface area contributed by atoms with Gasteiger partial charge >= 0.3 is 5.97 Å². The molecule has 0 aromatic heterocycles. The molecule has 2 rings (SSSR count). The van der Waals surface area contributed by atoms with E-state index in [-0.39, 0.29) is 5.54 Å². The molecule has 0 aliphatic rings. The highest BCUT2D eigenvalue weighted by molar-refractivity contribution is 5.90. The summed E-state index contributed by atoms with van der Waals surface area (Å²) < 4.78 is 0. The van der Waals surface area contributed by atoms with Crippen molar-refractivity contribution in [2.24, 2.45) is 11.7 Å². The van der Waals surface area contributed by atoms with Gasteiger partial charge in [0.2, 0.25) is 0 Å². The largest absolute Gasteiger partial charge is 0.478 e. The Balaban J connectivity index is 2.33. The topological polar surface area (TPSA) is 63.3 Å². The van der Waals surface area contributed by atoms with Gasteiger partial charge in [0.15, 0.2) is 0 Å².